The third kappa shape index (κ3) is 4.54. The zero-order chi connectivity index (χ0) is 22.7. The number of carbonyl (C=O) groups is 1. The first-order chi connectivity index (χ1) is 15.5. The van der Waals surface area contributed by atoms with Crippen LogP contribution in [0, 0.1) is 11.6 Å². The minimum absolute atomic E-state index is 0.0104. The summed E-state index contributed by atoms with van der Waals surface area (Å²) in [5.74, 6) is -1.18. The summed E-state index contributed by atoms with van der Waals surface area (Å²) in [5, 5.41) is 12.6. The van der Waals surface area contributed by atoms with Gasteiger partial charge in [0, 0.05) is 37.2 Å². The minimum atomic E-state index is -0.670. The molecule has 0 aromatic heterocycles. The first kappa shape index (κ1) is 22.4. The molecule has 2 aliphatic heterocycles. The standard InChI is InChI=1S/C25H29F2N3O2/c1-2-5-17-6-8-18(9-7-17)24-22-15-29(12-3-4-13-30(22)23(24)16-31)25(32)28-21-14-19(26)10-11-20(21)27/h2,5-11,14,22-24,31H,3-4,12-13,15-16H2,1H3,(H,28,32)/b5-2+/t22-,23-,24-/m0/s1. The molecule has 2 aromatic carbocycles. The largest absolute Gasteiger partial charge is 0.395 e. The minimum Gasteiger partial charge on any atom is -0.395 e. The van der Waals surface area contributed by atoms with E-state index in [1.165, 1.54) is 0 Å². The number of carbonyl (C=O) groups excluding carboxylic acids is 1. The van der Waals surface area contributed by atoms with Gasteiger partial charge in [-0.15, -0.1) is 0 Å². The van der Waals surface area contributed by atoms with Crippen LogP contribution in [-0.4, -0.2) is 59.3 Å². The summed E-state index contributed by atoms with van der Waals surface area (Å²) in [4.78, 5) is 16.9. The van der Waals surface area contributed by atoms with Crippen molar-refractivity contribution in [3.63, 3.8) is 0 Å². The predicted molar refractivity (Wildman–Crippen MR) is 121 cm³/mol. The van der Waals surface area contributed by atoms with Gasteiger partial charge in [-0.25, -0.2) is 13.6 Å². The van der Waals surface area contributed by atoms with E-state index in [2.05, 4.69) is 34.5 Å². The Morgan fingerprint density at radius 1 is 1.16 bits per heavy atom. The van der Waals surface area contributed by atoms with Crippen molar-refractivity contribution in [2.24, 2.45) is 0 Å². The highest BCUT2D eigenvalue weighted by Gasteiger charge is 2.49. The Hall–Kier alpha value is -2.77. The van der Waals surface area contributed by atoms with Crippen molar-refractivity contribution in [1.82, 2.24) is 9.80 Å². The normalized spacial score (nSPS) is 23.9. The molecule has 2 heterocycles. The topological polar surface area (TPSA) is 55.8 Å². The second-order valence-electron chi connectivity index (χ2n) is 8.45. The quantitative estimate of drug-likeness (QED) is 0.737. The van der Waals surface area contributed by atoms with E-state index in [9.17, 15) is 18.7 Å². The van der Waals surface area contributed by atoms with Crippen LogP contribution in [-0.2, 0) is 0 Å². The molecule has 2 aliphatic rings. The number of allylic oxidation sites excluding steroid dienone is 1. The molecule has 7 heteroatoms. The highest BCUT2D eigenvalue weighted by atomic mass is 19.1. The van der Waals surface area contributed by atoms with Crippen molar-refractivity contribution in [2.75, 3.05) is 31.6 Å². The maximum Gasteiger partial charge on any atom is 0.321 e. The molecule has 32 heavy (non-hydrogen) atoms. The van der Waals surface area contributed by atoms with E-state index >= 15 is 0 Å². The number of benzene rings is 2. The van der Waals surface area contributed by atoms with Crippen molar-refractivity contribution in [3.8, 4) is 0 Å². The molecule has 4 rings (SSSR count). The Kier molecular flexibility index (Phi) is 6.86. The van der Waals surface area contributed by atoms with Crippen LogP contribution in [0.2, 0.25) is 0 Å². The number of aliphatic hydroxyl groups excluding tert-OH is 1. The third-order valence-electron chi connectivity index (χ3n) is 6.51. The molecule has 0 bridgehead atoms. The van der Waals surface area contributed by atoms with Gasteiger partial charge < -0.3 is 15.3 Å². The molecule has 2 N–H and O–H groups in total. The van der Waals surface area contributed by atoms with Gasteiger partial charge in [-0.1, -0.05) is 36.4 Å². The predicted octanol–water partition coefficient (Wildman–Crippen LogP) is 4.45. The number of rotatable bonds is 4. The van der Waals surface area contributed by atoms with E-state index in [-0.39, 0.29) is 30.3 Å². The summed E-state index contributed by atoms with van der Waals surface area (Å²) in [6.07, 6.45) is 5.73. The summed E-state index contributed by atoms with van der Waals surface area (Å²) in [5.41, 5.74) is 2.09. The smallest absolute Gasteiger partial charge is 0.321 e. The summed E-state index contributed by atoms with van der Waals surface area (Å²) in [6.45, 7) is 3.91. The van der Waals surface area contributed by atoms with E-state index in [1.807, 2.05) is 19.1 Å². The van der Waals surface area contributed by atoms with Crippen molar-refractivity contribution < 1.29 is 18.7 Å². The Morgan fingerprint density at radius 2 is 1.91 bits per heavy atom. The lowest BCUT2D eigenvalue weighted by atomic mass is 9.74. The molecule has 2 aromatic rings. The Bertz CT molecular complexity index is 980. The van der Waals surface area contributed by atoms with Gasteiger partial charge in [0.15, 0.2) is 0 Å². The van der Waals surface area contributed by atoms with Crippen LogP contribution in [0.1, 0.15) is 36.8 Å². The lowest BCUT2D eigenvalue weighted by molar-refractivity contribution is -0.0585. The molecule has 3 atom stereocenters. The Labute approximate surface area is 187 Å². The van der Waals surface area contributed by atoms with Crippen LogP contribution >= 0.6 is 0 Å². The van der Waals surface area contributed by atoms with Crippen LogP contribution in [0.5, 0.6) is 0 Å². The molecule has 0 radical (unpaired) electrons. The van der Waals surface area contributed by atoms with Crippen LogP contribution in [0.25, 0.3) is 6.08 Å². The van der Waals surface area contributed by atoms with E-state index in [1.54, 1.807) is 4.90 Å². The number of hydrogen-bond acceptors (Lipinski definition) is 3. The van der Waals surface area contributed by atoms with Gasteiger partial charge in [0.2, 0.25) is 0 Å². The number of urea groups is 1. The van der Waals surface area contributed by atoms with Gasteiger partial charge in [0.05, 0.1) is 12.3 Å². The number of anilines is 1. The fourth-order valence-corrected chi connectivity index (χ4v) is 4.93. The van der Waals surface area contributed by atoms with Crippen LogP contribution in [0.3, 0.4) is 0 Å². The molecule has 2 amide bonds. The molecule has 5 nitrogen and oxygen atoms in total. The maximum atomic E-state index is 14.0. The van der Waals surface area contributed by atoms with E-state index in [0.717, 1.165) is 48.7 Å². The lowest BCUT2D eigenvalue weighted by Gasteiger charge is -2.57. The molecule has 0 saturated carbocycles. The number of halogens is 2. The SMILES string of the molecule is C/C=C/c1ccc([C@@H]2[C@H](CO)N3CCCCN(C(=O)Nc4cc(F)ccc4F)C[C@@H]23)cc1. The number of amides is 2. The highest BCUT2D eigenvalue weighted by molar-refractivity contribution is 5.89. The molecule has 0 unspecified atom stereocenters. The van der Waals surface area contributed by atoms with E-state index in [4.69, 9.17) is 0 Å². The number of hydrogen-bond donors (Lipinski definition) is 2. The van der Waals surface area contributed by atoms with Gasteiger partial charge in [-0.3, -0.25) is 4.90 Å². The Balaban J connectivity index is 1.53. The van der Waals surface area contributed by atoms with Crippen molar-refractivity contribution >= 4 is 17.8 Å². The molecule has 0 aliphatic carbocycles. The van der Waals surface area contributed by atoms with Gasteiger partial charge in [-0.2, -0.15) is 0 Å². The van der Waals surface area contributed by atoms with Crippen molar-refractivity contribution in [1.29, 1.82) is 0 Å². The van der Waals surface area contributed by atoms with Crippen LogP contribution < -0.4 is 5.32 Å². The second kappa shape index (κ2) is 9.79. The summed E-state index contributed by atoms with van der Waals surface area (Å²) < 4.78 is 27.5. The number of aliphatic hydroxyl groups is 1. The highest BCUT2D eigenvalue weighted by Crippen LogP contribution is 2.42. The van der Waals surface area contributed by atoms with E-state index in [0.29, 0.717) is 13.1 Å². The summed E-state index contributed by atoms with van der Waals surface area (Å²) >= 11 is 0. The van der Waals surface area contributed by atoms with Gasteiger partial charge in [-0.05, 0) is 49.6 Å². The number of fused-ring (bicyclic) bond motifs is 1. The second-order valence-corrected chi connectivity index (χ2v) is 8.45. The van der Waals surface area contributed by atoms with Crippen molar-refractivity contribution in [2.45, 2.75) is 37.8 Å². The number of nitrogens with zero attached hydrogens (tertiary/aromatic N) is 2. The summed E-state index contributed by atoms with van der Waals surface area (Å²) in [7, 11) is 0. The molecule has 0 spiro atoms. The van der Waals surface area contributed by atoms with Gasteiger partial charge in [0.25, 0.3) is 0 Å². The molecule has 2 fully saturated rings. The van der Waals surface area contributed by atoms with Gasteiger partial charge >= 0.3 is 6.03 Å². The van der Waals surface area contributed by atoms with Crippen LogP contribution in [0.4, 0.5) is 19.3 Å². The lowest BCUT2D eigenvalue weighted by Crippen LogP contribution is -2.68. The fraction of sp³-hybridized carbons (Fsp3) is 0.400. The molecular formula is C25H29F2N3O2. The average molecular weight is 442 g/mol. The van der Waals surface area contributed by atoms with Gasteiger partial charge in [0.1, 0.15) is 11.6 Å². The van der Waals surface area contributed by atoms with Crippen LogP contribution in [0.15, 0.2) is 48.5 Å². The third-order valence-corrected chi connectivity index (χ3v) is 6.51. The maximum absolute atomic E-state index is 14.0. The Morgan fingerprint density at radius 3 is 2.62 bits per heavy atom. The van der Waals surface area contributed by atoms with Crippen molar-refractivity contribution in [3.05, 3.63) is 71.3 Å². The van der Waals surface area contributed by atoms with E-state index < -0.39 is 17.7 Å². The average Bonchev–Trinajstić information content (AvgIpc) is 2.76. The zero-order valence-corrected chi connectivity index (χ0v) is 18.2. The molecule has 170 valence electrons. The molecular weight excluding hydrogens is 412 g/mol. The fourth-order valence-electron chi connectivity index (χ4n) is 4.93. The monoisotopic (exact) mass is 441 g/mol. The first-order valence-corrected chi connectivity index (χ1v) is 11.1. The summed E-state index contributed by atoms with van der Waals surface area (Å²) in [6, 6.07) is 10.9. The first-order valence-electron chi connectivity index (χ1n) is 11.1. The number of nitrogens with one attached hydrogen (secondary N) is 1. The molecule has 2 saturated heterocycles. The zero-order valence-electron chi connectivity index (χ0n) is 18.2.